The first-order chi connectivity index (χ1) is 6.11. The molecular formula is C9H14O3S. The molecule has 0 aliphatic heterocycles. The maximum Gasteiger partial charge on any atom is 0.303 e. The molecule has 2 rings (SSSR count). The maximum atomic E-state index is 11.6. The van der Waals surface area contributed by atoms with E-state index >= 15 is 0 Å². The third-order valence-corrected chi connectivity index (χ3v) is 4.94. The quantitative estimate of drug-likeness (QED) is 0.727. The highest BCUT2D eigenvalue weighted by Gasteiger charge is 2.47. The molecular weight excluding hydrogens is 188 g/mol. The van der Waals surface area contributed by atoms with Crippen molar-refractivity contribution in [2.24, 2.45) is 5.41 Å². The van der Waals surface area contributed by atoms with Crippen LogP contribution in [0.25, 0.3) is 0 Å². The summed E-state index contributed by atoms with van der Waals surface area (Å²) in [6.45, 7) is 0. The van der Waals surface area contributed by atoms with Crippen molar-refractivity contribution in [2.45, 2.75) is 37.4 Å². The van der Waals surface area contributed by atoms with Crippen LogP contribution < -0.4 is 0 Å². The summed E-state index contributed by atoms with van der Waals surface area (Å²) in [7, 11) is -0.747. The van der Waals surface area contributed by atoms with Gasteiger partial charge in [-0.05, 0) is 31.1 Å². The molecule has 3 nitrogen and oxygen atoms in total. The second-order valence-corrected chi connectivity index (χ2v) is 6.01. The first-order valence-electron chi connectivity index (χ1n) is 4.70. The SMILES string of the molecule is O=C(O)CC1(CS(=O)C2CC2)CC1. The van der Waals surface area contributed by atoms with Crippen molar-refractivity contribution in [1.29, 1.82) is 0 Å². The summed E-state index contributed by atoms with van der Waals surface area (Å²) in [4.78, 5) is 10.5. The third-order valence-electron chi connectivity index (χ3n) is 2.83. The molecule has 1 N–H and O–H groups in total. The zero-order chi connectivity index (χ0) is 9.47. The zero-order valence-corrected chi connectivity index (χ0v) is 8.31. The van der Waals surface area contributed by atoms with Gasteiger partial charge in [-0.25, -0.2) is 0 Å². The predicted octanol–water partition coefficient (Wildman–Crippen LogP) is 1.15. The topological polar surface area (TPSA) is 54.4 Å². The molecule has 2 saturated carbocycles. The van der Waals surface area contributed by atoms with Crippen LogP contribution in [-0.2, 0) is 15.6 Å². The average molecular weight is 202 g/mol. The second kappa shape index (κ2) is 3.08. The summed E-state index contributed by atoms with van der Waals surface area (Å²) < 4.78 is 11.6. The molecule has 0 amide bonds. The van der Waals surface area contributed by atoms with E-state index in [0.29, 0.717) is 11.0 Å². The van der Waals surface area contributed by atoms with Gasteiger partial charge in [-0.3, -0.25) is 9.00 Å². The Hall–Kier alpha value is -0.380. The van der Waals surface area contributed by atoms with Gasteiger partial charge in [0.1, 0.15) is 0 Å². The lowest BCUT2D eigenvalue weighted by Gasteiger charge is -2.10. The van der Waals surface area contributed by atoms with Crippen molar-refractivity contribution >= 4 is 16.8 Å². The molecule has 2 fully saturated rings. The van der Waals surface area contributed by atoms with E-state index in [4.69, 9.17) is 5.11 Å². The van der Waals surface area contributed by atoms with Crippen LogP contribution in [0.3, 0.4) is 0 Å². The van der Waals surface area contributed by atoms with Crippen LogP contribution >= 0.6 is 0 Å². The number of carboxylic acid groups (broad SMARTS) is 1. The Balaban J connectivity index is 1.85. The molecule has 0 aromatic heterocycles. The molecule has 0 saturated heterocycles. The summed E-state index contributed by atoms with van der Waals surface area (Å²) in [5.41, 5.74) is -0.0840. The summed E-state index contributed by atoms with van der Waals surface area (Å²) in [6.07, 6.45) is 4.28. The fraction of sp³-hybridized carbons (Fsp3) is 0.889. The summed E-state index contributed by atoms with van der Waals surface area (Å²) in [6, 6.07) is 0. The van der Waals surface area contributed by atoms with Crippen molar-refractivity contribution in [3.8, 4) is 0 Å². The van der Waals surface area contributed by atoms with E-state index in [2.05, 4.69) is 0 Å². The van der Waals surface area contributed by atoms with Gasteiger partial charge in [0, 0.05) is 21.8 Å². The van der Waals surface area contributed by atoms with Crippen LogP contribution in [0.1, 0.15) is 32.1 Å². The lowest BCUT2D eigenvalue weighted by Crippen LogP contribution is -2.18. The van der Waals surface area contributed by atoms with E-state index in [-0.39, 0.29) is 11.8 Å². The van der Waals surface area contributed by atoms with Gasteiger partial charge in [-0.15, -0.1) is 0 Å². The van der Waals surface area contributed by atoms with Gasteiger partial charge in [0.05, 0.1) is 6.42 Å². The minimum Gasteiger partial charge on any atom is -0.481 e. The number of aliphatic carboxylic acids is 1. The summed E-state index contributed by atoms with van der Waals surface area (Å²) in [5, 5.41) is 9.05. The Labute approximate surface area is 80.0 Å². The third kappa shape index (κ3) is 2.30. The maximum absolute atomic E-state index is 11.6. The fourth-order valence-electron chi connectivity index (χ4n) is 1.62. The highest BCUT2D eigenvalue weighted by Crippen LogP contribution is 2.50. The summed E-state index contributed by atoms with van der Waals surface area (Å²) >= 11 is 0. The smallest absolute Gasteiger partial charge is 0.303 e. The number of hydrogen-bond acceptors (Lipinski definition) is 2. The van der Waals surface area contributed by atoms with Gasteiger partial charge in [-0.2, -0.15) is 0 Å². The molecule has 1 atom stereocenters. The van der Waals surface area contributed by atoms with Crippen LogP contribution in [0, 0.1) is 5.41 Å². The minimum absolute atomic E-state index is 0.0840. The number of hydrogen-bond donors (Lipinski definition) is 1. The molecule has 0 heterocycles. The van der Waals surface area contributed by atoms with Gasteiger partial charge in [-0.1, -0.05) is 0 Å². The first kappa shape index (κ1) is 9.19. The largest absolute Gasteiger partial charge is 0.481 e. The lowest BCUT2D eigenvalue weighted by molar-refractivity contribution is -0.138. The molecule has 74 valence electrons. The lowest BCUT2D eigenvalue weighted by atomic mass is 10.1. The molecule has 0 aromatic rings. The Morgan fingerprint density at radius 2 is 2.08 bits per heavy atom. The monoisotopic (exact) mass is 202 g/mol. The van der Waals surface area contributed by atoms with E-state index < -0.39 is 16.8 Å². The van der Waals surface area contributed by atoms with Gasteiger partial charge in [0.15, 0.2) is 0 Å². The Morgan fingerprint density at radius 3 is 2.46 bits per heavy atom. The molecule has 0 bridgehead atoms. The van der Waals surface area contributed by atoms with E-state index in [0.717, 1.165) is 25.7 Å². The molecule has 0 radical (unpaired) electrons. The van der Waals surface area contributed by atoms with E-state index in [9.17, 15) is 9.00 Å². The highest BCUT2D eigenvalue weighted by molar-refractivity contribution is 7.86. The highest BCUT2D eigenvalue weighted by atomic mass is 32.2. The number of rotatable bonds is 5. The minimum atomic E-state index is -0.747. The molecule has 0 aromatic carbocycles. The molecule has 0 spiro atoms. The number of carboxylic acids is 1. The van der Waals surface area contributed by atoms with Crippen molar-refractivity contribution in [2.75, 3.05) is 5.75 Å². The standard InChI is InChI=1S/C9H14O3S/c10-8(11)5-9(3-4-9)6-13(12)7-1-2-7/h7H,1-6H2,(H,10,11). The van der Waals surface area contributed by atoms with Gasteiger partial charge in [0.2, 0.25) is 0 Å². The zero-order valence-electron chi connectivity index (χ0n) is 7.49. The Kier molecular flexibility index (Phi) is 2.18. The van der Waals surface area contributed by atoms with Crippen LogP contribution in [0.2, 0.25) is 0 Å². The van der Waals surface area contributed by atoms with Gasteiger partial charge >= 0.3 is 5.97 Å². The number of carbonyl (C=O) groups is 1. The van der Waals surface area contributed by atoms with Crippen molar-refractivity contribution < 1.29 is 14.1 Å². The molecule has 4 heteroatoms. The second-order valence-electron chi connectivity index (χ2n) is 4.29. The van der Waals surface area contributed by atoms with Gasteiger partial charge in [0.25, 0.3) is 0 Å². The molecule has 1 unspecified atom stereocenters. The average Bonchev–Trinajstić information content (AvgIpc) is 2.76. The molecule has 13 heavy (non-hydrogen) atoms. The normalized spacial score (nSPS) is 26.8. The molecule has 2 aliphatic rings. The predicted molar refractivity (Wildman–Crippen MR) is 50.0 cm³/mol. The van der Waals surface area contributed by atoms with E-state index in [1.165, 1.54) is 0 Å². The van der Waals surface area contributed by atoms with Crippen molar-refractivity contribution in [3.63, 3.8) is 0 Å². The van der Waals surface area contributed by atoms with Crippen molar-refractivity contribution in [3.05, 3.63) is 0 Å². The van der Waals surface area contributed by atoms with Gasteiger partial charge < -0.3 is 5.11 Å². The van der Waals surface area contributed by atoms with Crippen LogP contribution in [0.4, 0.5) is 0 Å². The first-order valence-corrected chi connectivity index (χ1v) is 6.09. The Morgan fingerprint density at radius 1 is 1.46 bits per heavy atom. The fourth-order valence-corrected chi connectivity index (χ4v) is 3.51. The molecule has 2 aliphatic carbocycles. The van der Waals surface area contributed by atoms with Crippen LogP contribution in [-0.4, -0.2) is 26.3 Å². The van der Waals surface area contributed by atoms with Crippen molar-refractivity contribution in [1.82, 2.24) is 0 Å². The van der Waals surface area contributed by atoms with E-state index in [1.807, 2.05) is 0 Å². The Bertz CT molecular complexity index is 254. The van der Waals surface area contributed by atoms with E-state index in [1.54, 1.807) is 0 Å². The van der Waals surface area contributed by atoms with Crippen LogP contribution in [0.15, 0.2) is 0 Å². The van der Waals surface area contributed by atoms with Crippen LogP contribution in [0.5, 0.6) is 0 Å². The summed E-state index contributed by atoms with van der Waals surface area (Å²) in [5.74, 6) is -0.116.